The minimum atomic E-state index is -4.44. The molecule has 0 atom stereocenters. The molecule has 0 aliphatic carbocycles. The summed E-state index contributed by atoms with van der Waals surface area (Å²) in [6, 6.07) is 4.37. The van der Waals surface area contributed by atoms with Crippen LogP contribution >= 0.6 is 0 Å². The van der Waals surface area contributed by atoms with Crippen LogP contribution in [0.1, 0.15) is 31.7 Å². The third kappa shape index (κ3) is 6.39. The van der Waals surface area contributed by atoms with Crippen LogP contribution in [0.2, 0.25) is 0 Å². The summed E-state index contributed by atoms with van der Waals surface area (Å²) in [6.45, 7) is 5.79. The van der Waals surface area contributed by atoms with Crippen LogP contribution in [0.25, 0.3) is 0 Å². The van der Waals surface area contributed by atoms with E-state index in [1.165, 1.54) is 12.1 Å². The smallest absolute Gasteiger partial charge is 0.383 e. The van der Waals surface area contributed by atoms with Crippen LogP contribution in [0.5, 0.6) is 0 Å². The Balaban J connectivity index is 2.04. The highest BCUT2D eigenvalue weighted by atomic mass is 19.4. The van der Waals surface area contributed by atoms with Crippen molar-refractivity contribution in [2.75, 3.05) is 45.2 Å². The van der Waals surface area contributed by atoms with Crippen molar-refractivity contribution in [1.82, 2.24) is 9.80 Å². The molecule has 1 fully saturated rings. The molecule has 0 spiro atoms. The number of alkyl halides is 3. The van der Waals surface area contributed by atoms with Crippen molar-refractivity contribution in [3.05, 3.63) is 29.8 Å². The normalized spacial score (nSPS) is 16.3. The average molecular weight is 387 g/mol. The summed E-state index contributed by atoms with van der Waals surface area (Å²) in [5.41, 5.74) is -0.641. The molecule has 0 bridgehead atoms. The number of amides is 2. The summed E-state index contributed by atoms with van der Waals surface area (Å²) < 4.78 is 43.7. The van der Waals surface area contributed by atoms with Gasteiger partial charge in [-0.15, -0.1) is 0 Å². The molecule has 27 heavy (non-hydrogen) atoms. The lowest BCUT2D eigenvalue weighted by molar-refractivity contribution is -0.137. The van der Waals surface area contributed by atoms with Gasteiger partial charge in [0.2, 0.25) is 0 Å². The number of hydrogen-bond acceptors (Lipinski definition) is 3. The molecule has 5 nitrogen and oxygen atoms in total. The number of anilines is 1. The molecule has 0 aromatic heterocycles. The number of benzene rings is 1. The number of carbonyl (C=O) groups excluding carboxylic acids is 1. The van der Waals surface area contributed by atoms with Crippen molar-refractivity contribution < 1.29 is 22.7 Å². The Kier molecular flexibility index (Phi) is 7.91. The summed E-state index contributed by atoms with van der Waals surface area (Å²) in [7, 11) is 1.56. The Hall–Kier alpha value is -1.80. The third-order valence-corrected chi connectivity index (χ3v) is 4.78. The maximum absolute atomic E-state index is 12.9. The van der Waals surface area contributed by atoms with E-state index in [2.05, 4.69) is 17.1 Å². The van der Waals surface area contributed by atoms with Gasteiger partial charge in [-0.25, -0.2) is 4.79 Å². The summed E-state index contributed by atoms with van der Waals surface area (Å²) in [6.07, 6.45) is -1.66. The number of likely N-dealkylation sites (tertiary alicyclic amines) is 1. The van der Waals surface area contributed by atoms with Gasteiger partial charge in [0, 0.05) is 38.5 Å². The molecule has 0 radical (unpaired) electrons. The van der Waals surface area contributed by atoms with Gasteiger partial charge in [-0.2, -0.15) is 13.2 Å². The van der Waals surface area contributed by atoms with E-state index in [1.54, 1.807) is 12.0 Å². The maximum Gasteiger partial charge on any atom is 0.416 e. The minimum absolute atomic E-state index is 0.0547. The van der Waals surface area contributed by atoms with E-state index in [1.807, 2.05) is 0 Å². The highest BCUT2D eigenvalue weighted by Gasteiger charge is 2.31. The predicted molar refractivity (Wildman–Crippen MR) is 98.8 cm³/mol. The monoisotopic (exact) mass is 387 g/mol. The van der Waals surface area contributed by atoms with Crippen LogP contribution in [-0.2, 0) is 10.9 Å². The maximum atomic E-state index is 12.9. The lowest BCUT2D eigenvalue weighted by Gasteiger charge is -2.38. The van der Waals surface area contributed by atoms with Gasteiger partial charge in [0.25, 0.3) is 0 Å². The second-order valence-corrected chi connectivity index (χ2v) is 6.77. The van der Waals surface area contributed by atoms with E-state index in [9.17, 15) is 18.0 Å². The van der Waals surface area contributed by atoms with Crippen molar-refractivity contribution in [3.8, 4) is 0 Å². The quantitative estimate of drug-likeness (QED) is 0.767. The van der Waals surface area contributed by atoms with Crippen molar-refractivity contribution in [3.63, 3.8) is 0 Å². The fourth-order valence-corrected chi connectivity index (χ4v) is 3.38. The zero-order valence-electron chi connectivity index (χ0n) is 15.9. The van der Waals surface area contributed by atoms with Crippen LogP contribution in [0.15, 0.2) is 24.3 Å². The molecule has 0 saturated carbocycles. The van der Waals surface area contributed by atoms with Crippen LogP contribution in [-0.4, -0.2) is 61.8 Å². The summed E-state index contributed by atoms with van der Waals surface area (Å²) in [5.74, 6) is 0. The van der Waals surface area contributed by atoms with Gasteiger partial charge in [0.15, 0.2) is 0 Å². The Labute approximate surface area is 158 Å². The van der Waals surface area contributed by atoms with E-state index in [-0.39, 0.29) is 17.8 Å². The minimum Gasteiger partial charge on any atom is -0.383 e. The molecule has 2 amide bonds. The number of nitrogens with one attached hydrogen (secondary N) is 1. The number of ether oxygens (including phenoxy) is 1. The van der Waals surface area contributed by atoms with Crippen molar-refractivity contribution >= 4 is 11.7 Å². The number of nitrogens with zero attached hydrogens (tertiary/aromatic N) is 2. The Bertz CT molecular complexity index is 602. The van der Waals surface area contributed by atoms with Gasteiger partial charge < -0.3 is 19.9 Å². The number of halogens is 3. The zero-order chi connectivity index (χ0) is 19.9. The number of rotatable bonds is 7. The number of hydrogen-bond donors (Lipinski definition) is 1. The summed E-state index contributed by atoms with van der Waals surface area (Å²) in [5, 5.41) is 2.61. The molecule has 1 saturated heterocycles. The van der Waals surface area contributed by atoms with E-state index in [0.29, 0.717) is 13.2 Å². The van der Waals surface area contributed by atoms with Crippen molar-refractivity contribution in [1.29, 1.82) is 0 Å². The fourth-order valence-electron chi connectivity index (χ4n) is 3.38. The first kappa shape index (κ1) is 21.5. The molecule has 1 N–H and O–H groups in total. The first-order chi connectivity index (χ1) is 12.8. The second kappa shape index (κ2) is 9.94. The fraction of sp³-hybridized carbons (Fsp3) is 0.632. The number of carbonyl (C=O) groups is 1. The molecule has 0 unspecified atom stereocenters. The third-order valence-electron chi connectivity index (χ3n) is 4.78. The zero-order valence-corrected chi connectivity index (χ0v) is 15.9. The molecule has 8 heteroatoms. The topological polar surface area (TPSA) is 44.8 Å². The summed E-state index contributed by atoms with van der Waals surface area (Å²) >= 11 is 0. The Morgan fingerprint density at radius 3 is 2.63 bits per heavy atom. The molecule has 1 aromatic rings. The molecular weight excluding hydrogens is 359 g/mol. The molecule has 2 rings (SSSR count). The van der Waals surface area contributed by atoms with Gasteiger partial charge in [0.1, 0.15) is 0 Å². The van der Waals surface area contributed by atoms with E-state index in [4.69, 9.17) is 4.74 Å². The van der Waals surface area contributed by atoms with Crippen LogP contribution in [0.4, 0.5) is 23.7 Å². The SMILES string of the molecule is CCCN1CCC(N(CCOC)C(=O)Nc2cccc(C(F)(F)F)c2)CC1. The number of methoxy groups -OCH3 is 1. The number of piperidine rings is 1. The molecule has 1 aliphatic rings. The van der Waals surface area contributed by atoms with Gasteiger partial charge in [0.05, 0.1) is 12.2 Å². The first-order valence-corrected chi connectivity index (χ1v) is 9.31. The summed E-state index contributed by atoms with van der Waals surface area (Å²) in [4.78, 5) is 16.8. The second-order valence-electron chi connectivity index (χ2n) is 6.77. The van der Waals surface area contributed by atoms with E-state index >= 15 is 0 Å². The Morgan fingerprint density at radius 1 is 1.33 bits per heavy atom. The average Bonchev–Trinajstić information content (AvgIpc) is 2.63. The van der Waals surface area contributed by atoms with Crippen molar-refractivity contribution in [2.24, 2.45) is 0 Å². The van der Waals surface area contributed by atoms with Crippen LogP contribution in [0.3, 0.4) is 0 Å². The highest BCUT2D eigenvalue weighted by Crippen LogP contribution is 2.30. The predicted octanol–water partition coefficient (Wildman–Crippen LogP) is 4.06. The van der Waals surface area contributed by atoms with Gasteiger partial charge in [-0.3, -0.25) is 0 Å². The van der Waals surface area contributed by atoms with Gasteiger partial charge in [-0.05, 0) is 44.0 Å². The van der Waals surface area contributed by atoms with Gasteiger partial charge >= 0.3 is 12.2 Å². The molecule has 1 aromatic carbocycles. The molecule has 1 aliphatic heterocycles. The van der Waals surface area contributed by atoms with E-state index in [0.717, 1.165) is 51.0 Å². The lowest BCUT2D eigenvalue weighted by atomic mass is 10.0. The largest absolute Gasteiger partial charge is 0.416 e. The van der Waals surface area contributed by atoms with Crippen molar-refractivity contribution in [2.45, 2.75) is 38.4 Å². The van der Waals surface area contributed by atoms with E-state index < -0.39 is 11.7 Å². The highest BCUT2D eigenvalue weighted by molar-refractivity contribution is 5.89. The standard InChI is InChI=1S/C19H28F3N3O2/c1-3-9-24-10-7-17(8-11-24)25(12-13-27-2)18(26)23-16-6-4-5-15(14-16)19(20,21)22/h4-6,14,17H,3,7-13H2,1-2H3,(H,23,26). The molecular formula is C19H28F3N3O2. The van der Waals surface area contributed by atoms with Crippen LogP contribution < -0.4 is 5.32 Å². The molecule has 152 valence electrons. The molecule has 1 heterocycles. The van der Waals surface area contributed by atoms with Gasteiger partial charge in [-0.1, -0.05) is 13.0 Å². The van der Waals surface area contributed by atoms with Crippen LogP contribution in [0, 0.1) is 0 Å². The number of urea groups is 1. The first-order valence-electron chi connectivity index (χ1n) is 9.31. The Morgan fingerprint density at radius 2 is 2.04 bits per heavy atom. The lowest BCUT2D eigenvalue weighted by Crippen LogP contribution is -2.50.